The molecule has 8 heteroatoms. The fourth-order valence-electron chi connectivity index (χ4n) is 2.07. The topological polar surface area (TPSA) is 56.5 Å². The molecule has 0 bridgehead atoms. The van der Waals surface area contributed by atoms with Crippen LogP contribution in [-0.2, 0) is 0 Å². The van der Waals surface area contributed by atoms with E-state index in [0.717, 1.165) is 0 Å². The maximum atomic E-state index is 12.1. The van der Waals surface area contributed by atoms with Gasteiger partial charge in [0, 0.05) is 5.69 Å². The number of nitroso groups, excluding NO2 is 1. The molecule has 112 valence electrons. The Bertz CT molecular complexity index is 825. The summed E-state index contributed by atoms with van der Waals surface area (Å²) in [6.45, 7) is 0. The highest BCUT2D eigenvalue weighted by atomic mass is 19.4. The van der Waals surface area contributed by atoms with Crippen LogP contribution in [0.3, 0.4) is 0 Å². The Morgan fingerprint density at radius 2 is 1.82 bits per heavy atom. The lowest BCUT2D eigenvalue weighted by Crippen LogP contribution is -2.17. The number of aromatic nitrogens is 2. The second kappa shape index (κ2) is 5.14. The van der Waals surface area contributed by atoms with Gasteiger partial charge in [-0.05, 0) is 47.6 Å². The van der Waals surface area contributed by atoms with Crippen LogP contribution in [0.2, 0.25) is 0 Å². The lowest BCUT2D eigenvalue weighted by atomic mass is 10.2. The zero-order valence-electron chi connectivity index (χ0n) is 10.9. The predicted octanol–water partition coefficient (Wildman–Crippen LogP) is 4.32. The van der Waals surface area contributed by atoms with E-state index in [2.05, 4.69) is 14.9 Å². The molecule has 3 aromatic rings. The fourth-order valence-corrected chi connectivity index (χ4v) is 2.07. The molecule has 0 aliphatic carbocycles. The quantitative estimate of drug-likeness (QED) is 0.677. The van der Waals surface area contributed by atoms with Gasteiger partial charge in [0.25, 0.3) is 0 Å². The Morgan fingerprint density at radius 3 is 2.45 bits per heavy atom. The van der Waals surface area contributed by atoms with E-state index in [0.29, 0.717) is 16.7 Å². The van der Waals surface area contributed by atoms with Crippen LogP contribution in [0, 0.1) is 4.91 Å². The molecule has 5 nitrogen and oxygen atoms in total. The van der Waals surface area contributed by atoms with Crippen LogP contribution in [0.4, 0.5) is 18.9 Å². The first-order valence-corrected chi connectivity index (χ1v) is 6.13. The van der Waals surface area contributed by atoms with Crippen molar-refractivity contribution in [1.82, 2.24) is 9.55 Å². The summed E-state index contributed by atoms with van der Waals surface area (Å²) in [5.41, 5.74) is 2.14. The van der Waals surface area contributed by atoms with Crippen LogP contribution >= 0.6 is 0 Å². The highest BCUT2D eigenvalue weighted by molar-refractivity contribution is 5.80. The molecule has 2 aromatic carbocycles. The van der Waals surface area contributed by atoms with E-state index < -0.39 is 6.36 Å². The normalized spacial score (nSPS) is 11.6. The minimum absolute atomic E-state index is 0.256. The minimum Gasteiger partial charge on any atom is -0.406 e. The smallest absolute Gasteiger partial charge is 0.406 e. The molecule has 22 heavy (non-hydrogen) atoms. The van der Waals surface area contributed by atoms with Gasteiger partial charge >= 0.3 is 6.36 Å². The number of benzene rings is 2. The van der Waals surface area contributed by atoms with Crippen LogP contribution in [0.1, 0.15) is 0 Å². The van der Waals surface area contributed by atoms with Crippen molar-refractivity contribution in [2.24, 2.45) is 5.18 Å². The second-order valence-corrected chi connectivity index (χ2v) is 4.42. The van der Waals surface area contributed by atoms with E-state index in [9.17, 15) is 18.1 Å². The molecule has 0 fully saturated rings. The Balaban J connectivity index is 1.96. The third-order valence-electron chi connectivity index (χ3n) is 2.98. The molecule has 0 spiro atoms. The number of ether oxygens (including phenoxy) is 1. The van der Waals surface area contributed by atoms with Crippen molar-refractivity contribution < 1.29 is 17.9 Å². The van der Waals surface area contributed by atoms with Gasteiger partial charge in [-0.1, -0.05) is 0 Å². The van der Waals surface area contributed by atoms with Crippen molar-refractivity contribution in [2.45, 2.75) is 6.36 Å². The number of fused-ring (bicyclic) bond motifs is 1. The van der Waals surface area contributed by atoms with Gasteiger partial charge < -0.3 is 4.74 Å². The van der Waals surface area contributed by atoms with Crippen LogP contribution in [0.15, 0.2) is 54.0 Å². The van der Waals surface area contributed by atoms with Gasteiger partial charge in [0.1, 0.15) is 17.8 Å². The molecule has 3 rings (SSSR count). The highest BCUT2D eigenvalue weighted by Crippen LogP contribution is 2.26. The number of nitrogens with zero attached hydrogens (tertiary/aromatic N) is 3. The van der Waals surface area contributed by atoms with Gasteiger partial charge in [-0.3, -0.25) is 4.57 Å². The predicted molar refractivity (Wildman–Crippen MR) is 73.2 cm³/mol. The molecule has 1 heterocycles. The SMILES string of the molecule is O=Nc1ccc2c(c1)ncn2-c1ccc(OC(F)(F)F)cc1. The molecule has 0 atom stereocenters. The summed E-state index contributed by atoms with van der Waals surface area (Å²) in [5.74, 6) is -0.298. The van der Waals surface area contributed by atoms with Gasteiger partial charge in [0.2, 0.25) is 0 Å². The first kappa shape index (κ1) is 14.1. The third-order valence-corrected chi connectivity index (χ3v) is 2.98. The van der Waals surface area contributed by atoms with E-state index in [1.165, 1.54) is 42.7 Å². The van der Waals surface area contributed by atoms with Gasteiger partial charge in [0.05, 0.1) is 11.0 Å². The number of hydrogen-bond acceptors (Lipinski definition) is 4. The average Bonchev–Trinajstić information content (AvgIpc) is 2.89. The summed E-state index contributed by atoms with van der Waals surface area (Å²) in [4.78, 5) is 14.6. The van der Waals surface area contributed by atoms with E-state index >= 15 is 0 Å². The van der Waals surface area contributed by atoms with Crippen LogP contribution in [-0.4, -0.2) is 15.9 Å². The number of hydrogen-bond donors (Lipinski definition) is 0. The third kappa shape index (κ3) is 2.76. The van der Waals surface area contributed by atoms with Gasteiger partial charge in [0.15, 0.2) is 0 Å². The fraction of sp³-hybridized carbons (Fsp3) is 0.0714. The second-order valence-electron chi connectivity index (χ2n) is 4.42. The zero-order chi connectivity index (χ0) is 15.7. The van der Waals surface area contributed by atoms with Crippen LogP contribution < -0.4 is 4.74 Å². The first-order valence-electron chi connectivity index (χ1n) is 6.13. The minimum atomic E-state index is -4.72. The molecule has 0 radical (unpaired) electrons. The van der Waals surface area contributed by atoms with Gasteiger partial charge in [-0.2, -0.15) is 0 Å². The van der Waals surface area contributed by atoms with Crippen molar-refractivity contribution in [2.75, 3.05) is 0 Å². The largest absolute Gasteiger partial charge is 0.573 e. The molecular weight excluding hydrogens is 299 g/mol. The van der Waals surface area contributed by atoms with E-state index in [4.69, 9.17) is 0 Å². The first-order chi connectivity index (χ1) is 10.5. The monoisotopic (exact) mass is 307 g/mol. The Kier molecular flexibility index (Phi) is 3.28. The lowest BCUT2D eigenvalue weighted by Gasteiger charge is -2.10. The van der Waals surface area contributed by atoms with Crippen molar-refractivity contribution in [3.8, 4) is 11.4 Å². The maximum absolute atomic E-state index is 12.1. The average molecular weight is 307 g/mol. The van der Waals surface area contributed by atoms with E-state index in [-0.39, 0.29) is 11.4 Å². The summed E-state index contributed by atoms with van der Waals surface area (Å²) in [5, 5.41) is 2.83. The van der Waals surface area contributed by atoms with Crippen LogP contribution in [0.5, 0.6) is 5.75 Å². The standard InChI is InChI=1S/C14H8F3N3O2/c15-14(16,17)22-11-4-2-10(3-5-11)20-8-18-12-7-9(19-21)1-6-13(12)20/h1-8H. The lowest BCUT2D eigenvalue weighted by molar-refractivity contribution is -0.274. The van der Waals surface area contributed by atoms with Crippen molar-refractivity contribution in [1.29, 1.82) is 0 Å². The van der Waals surface area contributed by atoms with Gasteiger partial charge in [-0.15, -0.1) is 18.1 Å². The Hall–Kier alpha value is -2.90. The van der Waals surface area contributed by atoms with Crippen molar-refractivity contribution in [3.63, 3.8) is 0 Å². The molecule has 0 aliphatic rings. The Morgan fingerprint density at radius 1 is 1.09 bits per heavy atom. The number of halogens is 3. The number of imidazole rings is 1. The van der Waals surface area contributed by atoms with Gasteiger partial charge in [-0.25, -0.2) is 4.98 Å². The number of rotatable bonds is 3. The summed E-state index contributed by atoms with van der Waals surface area (Å²) in [7, 11) is 0. The van der Waals surface area contributed by atoms with E-state index in [1.807, 2.05) is 0 Å². The molecule has 1 aromatic heterocycles. The molecule has 0 saturated carbocycles. The molecule has 0 saturated heterocycles. The maximum Gasteiger partial charge on any atom is 0.573 e. The molecular formula is C14H8F3N3O2. The Labute approximate surface area is 121 Å². The highest BCUT2D eigenvalue weighted by Gasteiger charge is 2.30. The summed E-state index contributed by atoms with van der Waals surface area (Å²) >= 11 is 0. The summed E-state index contributed by atoms with van der Waals surface area (Å²) < 4.78 is 41.9. The molecule has 0 aliphatic heterocycles. The molecule has 0 amide bonds. The van der Waals surface area contributed by atoms with Crippen LogP contribution in [0.25, 0.3) is 16.7 Å². The summed E-state index contributed by atoms with van der Waals surface area (Å²) in [6.07, 6.45) is -3.21. The van der Waals surface area contributed by atoms with Crippen molar-refractivity contribution in [3.05, 3.63) is 53.7 Å². The zero-order valence-corrected chi connectivity index (χ0v) is 10.9. The molecule has 0 N–H and O–H groups in total. The van der Waals surface area contributed by atoms with E-state index in [1.54, 1.807) is 10.6 Å². The molecule has 0 unspecified atom stereocenters. The van der Waals surface area contributed by atoms with Crippen molar-refractivity contribution >= 4 is 16.7 Å². The number of alkyl halides is 3. The summed E-state index contributed by atoms with van der Waals surface area (Å²) in [6, 6.07) is 10.1.